The summed E-state index contributed by atoms with van der Waals surface area (Å²) in [6.07, 6.45) is -0.792. The van der Waals surface area contributed by atoms with Gasteiger partial charge in [0.2, 0.25) is 0 Å². The molecule has 1 radical (unpaired) electrons. The van der Waals surface area contributed by atoms with E-state index < -0.39 is 11.9 Å². The number of halogens is 1. The maximum atomic E-state index is 12.8. The summed E-state index contributed by atoms with van der Waals surface area (Å²) in [5.74, 6) is -0.511. The van der Waals surface area contributed by atoms with Gasteiger partial charge in [-0.25, -0.2) is 9.18 Å². The monoisotopic (exact) mass is 168 g/mol. The van der Waals surface area contributed by atoms with E-state index in [4.69, 9.17) is 0 Å². The van der Waals surface area contributed by atoms with Crippen LogP contribution in [0.25, 0.3) is 0 Å². The Bertz CT molecular complexity index is 288. The number of hydrogen-bond acceptors (Lipinski definition) is 2. The molecule has 1 aromatic carbocycles. The molecule has 0 saturated heterocycles. The second kappa shape index (κ2) is 3.71. The van der Waals surface area contributed by atoms with Crippen LogP contribution in [0, 0.1) is 12.9 Å². The number of hydrogen-bond donors (Lipinski definition) is 1. The fourth-order valence-electron chi connectivity index (χ4n) is 0.709. The van der Waals surface area contributed by atoms with Gasteiger partial charge in [-0.3, -0.25) is 5.32 Å². The molecule has 1 amide bonds. The van der Waals surface area contributed by atoms with Gasteiger partial charge in [0.15, 0.2) is 0 Å². The summed E-state index contributed by atoms with van der Waals surface area (Å²) in [6, 6.07) is 5.78. The molecule has 1 N–H and O–H groups in total. The second-order valence-electron chi connectivity index (χ2n) is 2.04. The van der Waals surface area contributed by atoms with Gasteiger partial charge >= 0.3 is 6.09 Å². The van der Waals surface area contributed by atoms with Gasteiger partial charge in [0, 0.05) is 0 Å². The molecule has 0 unspecified atom stereocenters. The molecule has 0 saturated carbocycles. The van der Waals surface area contributed by atoms with Gasteiger partial charge in [-0.1, -0.05) is 12.1 Å². The van der Waals surface area contributed by atoms with Crippen LogP contribution in [-0.2, 0) is 4.74 Å². The van der Waals surface area contributed by atoms with Gasteiger partial charge in [0.25, 0.3) is 0 Å². The third kappa shape index (κ3) is 1.95. The molecule has 0 fully saturated rings. The van der Waals surface area contributed by atoms with Crippen molar-refractivity contribution in [1.82, 2.24) is 0 Å². The van der Waals surface area contributed by atoms with E-state index in [-0.39, 0.29) is 5.69 Å². The molecule has 0 aromatic heterocycles. The number of anilines is 1. The van der Waals surface area contributed by atoms with Crippen molar-refractivity contribution >= 4 is 11.8 Å². The quantitative estimate of drug-likeness (QED) is 0.697. The highest BCUT2D eigenvalue weighted by molar-refractivity contribution is 5.84. The fourth-order valence-corrected chi connectivity index (χ4v) is 0.709. The molecule has 0 spiro atoms. The van der Waals surface area contributed by atoms with Crippen LogP contribution in [0.5, 0.6) is 0 Å². The smallest absolute Gasteiger partial charge is 0.411 e. The van der Waals surface area contributed by atoms with Crippen LogP contribution >= 0.6 is 0 Å². The van der Waals surface area contributed by atoms with Crippen LogP contribution in [0.3, 0.4) is 0 Å². The number of rotatable bonds is 1. The van der Waals surface area contributed by atoms with E-state index >= 15 is 0 Å². The standard InChI is InChI=1S/C8H7FNO2/c1-12-8(11)10-7-5-3-2-4-6(7)9/h2-5H,1H2,(H,10,11). The Kier molecular flexibility index (Phi) is 2.63. The summed E-state index contributed by atoms with van der Waals surface area (Å²) in [5.41, 5.74) is 0.0751. The largest absolute Gasteiger partial charge is 0.446 e. The lowest BCUT2D eigenvalue weighted by Crippen LogP contribution is -2.10. The lowest BCUT2D eigenvalue weighted by atomic mass is 10.3. The maximum absolute atomic E-state index is 12.8. The molecule has 3 nitrogen and oxygen atoms in total. The summed E-state index contributed by atoms with van der Waals surface area (Å²) in [5, 5.41) is 2.16. The zero-order valence-electron chi connectivity index (χ0n) is 6.21. The van der Waals surface area contributed by atoms with Gasteiger partial charge in [-0.2, -0.15) is 0 Å². The summed E-state index contributed by atoms with van der Waals surface area (Å²) >= 11 is 0. The van der Waals surface area contributed by atoms with Crippen LogP contribution in [0.4, 0.5) is 14.9 Å². The van der Waals surface area contributed by atoms with Crippen molar-refractivity contribution in [1.29, 1.82) is 0 Å². The van der Waals surface area contributed by atoms with E-state index in [1.165, 1.54) is 18.2 Å². The van der Waals surface area contributed by atoms with Crippen molar-refractivity contribution < 1.29 is 13.9 Å². The molecule has 0 atom stereocenters. The topological polar surface area (TPSA) is 38.3 Å². The van der Waals surface area contributed by atoms with Crippen LogP contribution in [0.15, 0.2) is 24.3 Å². The summed E-state index contributed by atoms with van der Waals surface area (Å²) < 4.78 is 16.8. The van der Waals surface area contributed by atoms with Gasteiger partial charge < -0.3 is 4.74 Å². The van der Waals surface area contributed by atoms with Crippen LogP contribution in [-0.4, -0.2) is 6.09 Å². The number of ether oxygens (including phenoxy) is 1. The zero-order chi connectivity index (χ0) is 8.97. The first kappa shape index (κ1) is 8.52. The molecule has 0 aliphatic heterocycles. The van der Waals surface area contributed by atoms with E-state index in [0.717, 1.165) is 0 Å². The molecule has 12 heavy (non-hydrogen) atoms. The molecule has 1 aromatic rings. The minimum Gasteiger partial charge on any atom is -0.446 e. The first-order valence-corrected chi connectivity index (χ1v) is 3.21. The van der Waals surface area contributed by atoms with E-state index in [1.54, 1.807) is 6.07 Å². The Morgan fingerprint density at radius 1 is 1.50 bits per heavy atom. The molecule has 0 aliphatic carbocycles. The molecular weight excluding hydrogens is 161 g/mol. The molecule has 0 bridgehead atoms. The predicted octanol–water partition coefficient (Wildman–Crippen LogP) is 2.17. The van der Waals surface area contributed by atoms with Crippen molar-refractivity contribution in [2.75, 3.05) is 5.32 Å². The highest BCUT2D eigenvalue weighted by Gasteiger charge is 2.03. The Morgan fingerprint density at radius 2 is 2.17 bits per heavy atom. The normalized spacial score (nSPS) is 9.17. The maximum Gasteiger partial charge on any atom is 0.411 e. The third-order valence-electron chi connectivity index (χ3n) is 1.24. The Labute approximate surface area is 69.2 Å². The van der Waals surface area contributed by atoms with Gasteiger partial charge in [-0.05, 0) is 12.1 Å². The van der Waals surface area contributed by atoms with E-state index in [9.17, 15) is 9.18 Å². The van der Waals surface area contributed by atoms with E-state index in [1.807, 2.05) is 0 Å². The highest BCUT2D eigenvalue weighted by atomic mass is 19.1. The minimum atomic E-state index is -0.792. The summed E-state index contributed by atoms with van der Waals surface area (Å²) in [4.78, 5) is 10.6. The predicted molar refractivity (Wildman–Crippen MR) is 41.9 cm³/mol. The average Bonchev–Trinajstić information content (AvgIpc) is 2.09. The minimum absolute atomic E-state index is 0.0751. The van der Waals surface area contributed by atoms with Crippen LogP contribution in [0.1, 0.15) is 0 Å². The number of amides is 1. The number of carbonyl (C=O) groups is 1. The van der Waals surface area contributed by atoms with Crippen molar-refractivity contribution in [3.63, 3.8) is 0 Å². The van der Waals surface area contributed by atoms with Crippen molar-refractivity contribution in [2.24, 2.45) is 0 Å². The highest BCUT2D eigenvalue weighted by Crippen LogP contribution is 2.12. The molecule has 1 rings (SSSR count). The van der Waals surface area contributed by atoms with E-state index in [2.05, 4.69) is 17.2 Å². The second-order valence-corrected chi connectivity index (χ2v) is 2.04. The van der Waals surface area contributed by atoms with Gasteiger partial charge in [-0.15, -0.1) is 0 Å². The lowest BCUT2D eigenvalue weighted by molar-refractivity contribution is 0.199. The first-order chi connectivity index (χ1) is 5.74. The van der Waals surface area contributed by atoms with Crippen LogP contribution in [0.2, 0.25) is 0 Å². The molecule has 63 valence electrons. The first-order valence-electron chi connectivity index (χ1n) is 3.21. The van der Waals surface area contributed by atoms with E-state index in [0.29, 0.717) is 0 Å². The van der Waals surface area contributed by atoms with Crippen LogP contribution < -0.4 is 5.32 Å². The van der Waals surface area contributed by atoms with Gasteiger partial charge in [0.05, 0.1) is 5.69 Å². The number of nitrogens with one attached hydrogen (secondary N) is 1. The Balaban J connectivity index is 2.75. The Morgan fingerprint density at radius 3 is 2.75 bits per heavy atom. The average molecular weight is 168 g/mol. The molecule has 0 heterocycles. The van der Waals surface area contributed by atoms with Gasteiger partial charge in [0.1, 0.15) is 12.9 Å². The SMILES string of the molecule is [CH2]OC(=O)Nc1ccccc1F. The van der Waals surface area contributed by atoms with Crippen molar-refractivity contribution in [3.8, 4) is 0 Å². The Hall–Kier alpha value is -1.58. The number of para-hydroxylation sites is 1. The summed E-state index contributed by atoms with van der Waals surface area (Å²) in [7, 11) is 2.88. The van der Waals surface area contributed by atoms with Crippen molar-refractivity contribution in [2.45, 2.75) is 0 Å². The lowest BCUT2D eigenvalue weighted by Gasteiger charge is -2.02. The molecule has 0 aliphatic rings. The zero-order valence-corrected chi connectivity index (χ0v) is 6.21. The number of benzene rings is 1. The van der Waals surface area contributed by atoms with Crippen molar-refractivity contribution in [3.05, 3.63) is 37.2 Å². The molecule has 4 heteroatoms. The summed E-state index contributed by atoms with van der Waals surface area (Å²) in [6.45, 7) is 0. The number of carbonyl (C=O) groups excluding carboxylic acids is 1. The third-order valence-corrected chi connectivity index (χ3v) is 1.24. The molecular formula is C8H7FNO2. The fraction of sp³-hybridized carbons (Fsp3) is 0.